The van der Waals surface area contributed by atoms with Crippen molar-refractivity contribution in [3.05, 3.63) is 59.7 Å². The Morgan fingerprint density at radius 1 is 0.952 bits per heavy atom. The van der Waals surface area contributed by atoms with Crippen LogP contribution in [-0.2, 0) is 16.0 Å². The first-order valence-electron chi connectivity index (χ1n) is 15.6. The van der Waals surface area contributed by atoms with Gasteiger partial charge in [-0.25, -0.2) is 0 Å². The van der Waals surface area contributed by atoms with E-state index in [-0.39, 0.29) is 23.9 Å². The molecular weight excluding hydrogens is 530 g/mol. The van der Waals surface area contributed by atoms with Crippen molar-refractivity contribution < 1.29 is 23.8 Å². The molecule has 8 heteroatoms. The van der Waals surface area contributed by atoms with E-state index >= 15 is 0 Å². The summed E-state index contributed by atoms with van der Waals surface area (Å²) in [6.45, 7) is 6.79. The molecule has 0 spiro atoms. The Bertz CT molecular complexity index is 1130. The minimum atomic E-state index is 0.00330. The SMILES string of the molecule is COCCCOc1cc(C(=O)N(C(C)C)[C@@H]2CC[C@H](CCN(C(=O)CCc3ccccc3)C3CC3)NC2)ccc1OC. The molecule has 4 rings (SSSR count). The van der Waals surface area contributed by atoms with Crippen LogP contribution in [0.15, 0.2) is 48.5 Å². The van der Waals surface area contributed by atoms with Crippen LogP contribution in [0.4, 0.5) is 0 Å². The fourth-order valence-electron chi connectivity index (χ4n) is 5.89. The van der Waals surface area contributed by atoms with Crippen LogP contribution in [0.25, 0.3) is 0 Å². The van der Waals surface area contributed by atoms with Crippen molar-refractivity contribution in [2.24, 2.45) is 0 Å². The monoisotopic (exact) mass is 579 g/mol. The van der Waals surface area contributed by atoms with Crippen molar-refractivity contribution in [2.75, 3.05) is 40.5 Å². The van der Waals surface area contributed by atoms with Gasteiger partial charge >= 0.3 is 0 Å². The Morgan fingerprint density at radius 2 is 1.71 bits per heavy atom. The molecule has 42 heavy (non-hydrogen) atoms. The minimum Gasteiger partial charge on any atom is -0.493 e. The summed E-state index contributed by atoms with van der Waals surface area (Å²) in [5, 5.41) is 3.70. The van der Waals surface area contributed by atoms with Crippen LogP contribution >= 0.6 is 0 Å². The number of hydrogen-bond donors (Lipinski definition) is 1. The maximum atomic E-state index is 13.8. The Morgan fingerprint density at radius 3 is 2.36 bits per heavy atom. The quantitative estimate of drug-likeness (QED) is 0.279. The third kappa shape index (κ3) is 8.95. The molecule has 1 N–H and O–H groups in total. The summed E-state index contributed by atoms with van der Waals surface area (Å²) >= 11 is 0. The summed E-state index contributed by atoms with van der Waals surface area (Å²) in [5.41, 5.74) is 1.81. The number of aryl methyl sites for hydroxylation is 1. The molecule has 1 aliphatic heterocycles. The van der Waals surface area contributed by atoms with Crippen molar-refractivity contribution in [1.29, 1.82) is 0 Å². The van der Waals surface area contributed by atoms with E-state index in [1.807, 2.05) is 29.2 Å². The smallest absolute Gasteiger partial charge is 0.254 e. The summed E-state index contributed by atoms with van der Waals surface area (Å²) < 4.78 is 16.5. The summed E-state index contributed by atoms with van der Waals surface area (Å²) in [5.74, 6) is 1.46. The molecular formula is C34H49N3O5. The van der Waals surface area contributed by atoms with Crippen molar-refractivity contribution in [3.63, 3.8) is 0 Å². The molecule has 2 aromatic rings. The van der Waals surface area contributed by atoms with Gasteiger partial charge in [-0.3, -0.25) is 9.59 Å². The van der Waals surface area contributed by atoms with Gasteiger partial charge in [0.05, 0.1) is 13.7 Å². The molecule has 1 heterocycles. The zero-order valence-electron chi connectivity index (χ0n) is 25.8. The second-order valence-electron chi connectivity index (χ2n) is 11.8. The number of carbonyl (C=O) groups is 2. The van der Waals surface area contributed by atoms with Gasteiger partial charge in [-0.15, -0.1) is 0 Å². The standard InChI is InChI=1S/C34H49N3O5/c1-25(2)37(34(39)27-12-17-31(41-4)32(23-27)42-22-8-21-40-3)30-14-13-28(35-24-30)19-20-36(29-15-16-29)33(38)18-11-26-9-6-5-7-10-26/h5-7,9-10,12,17,23,25,28-30,35H,8,11,13-16,18-22,24H2,1-4H3/t28-,30-/m1/s1. The van der Waals surface area contributed by atoms with Crippen LogP contribution in [0.3, 0.4) is 0 Å². The molecule has 2 amide bonds. The van der Waals surface area contributed by atoms with Gasteiger partial charge in [0.15, 0.2) is 11.5 Å². The van der Waals surface area contributed by atoms with Gasteiger partial charge in [0.25, 0.3) is 5.91 Å². The highest BCUT2D eigenvalue weighted by Crippen LogP contribution is 2.31. The lowest BCUT2D eigenvalue weighted by atomic mass is 9.95. The first-order chi connectivity index (χ1) is 20.4. The largest absolute Gasteiger partial charge is 0.493 e. The predicted molar refractivity (Wildman–Crippen MR) is 165 cm³/mol. The third-order valence-corrected chi connectivity index (χ3v) is 8.33. The lowest BCUT2D eigenvalue weighted by molar-refractivity contribution is -0.131. The average Bonchev–Trinajstić information content (AvgIpc) is 3.85. The van der Waals surface area contributed by atoms with E-state index in [0.29, 0.717) is 48.8 Å². The zero-order chi connectivity index (χ0) is 29.9. The second kappa shape index (κ2) is 15.9. The van der Waals surface area contributed by atoms with Crippen LogP contribution in [-0.4, -0.2) is 86.3 Å². The van der Waals surface area contributed by atoms with Gasteiger partial charge in [-0.05, 0) is 76.1 Å². The molecule has 0 aromatic heterocycles. The van der Waals surface area contributed by atoms with Crippen LogP contribution in [0.5, 0.6) is 11.5 Å². The van der Waals surface area contributed by atoms with Gasteiger partial charge in [0.2, 0.25) is 5.91 Å². The fraction of sp³-hybridized carbons (Fsp3) is 0.588. The molecule has 230 valence electrons. The van der Waals surface area contributed by atoms with E-state index in [1.165, 1.54) is 5.56 Å². The van der Waals surface area contributed by atoms with Crippen LogP contribution in [0, 0.1) is 0 Å². The summed E-state index contributed by atoms with van der Waals surface area (Å²) in [7, 11) is 3.27. The van der Waals surface area contributed by atoms with E-state index in [0.717, 1.165) is 58.0 Å². The zero-order valence-corrected chi connectivity index (χ0v) is 25.8. The van der Waals surface area contributed by atoms with E-state index in [4.69, 9.17) is 14.2 Å². The lowest BCUT2D eigenvalue weighted by Crippen LogP contribution is -2.54. The number of carbonyl (C=O) groups excluding carboxylic acids is 2. The Balaban J connectivity index is 1.30. The third-order valence-electron chi connectivity index (χ3n) is 8.33. The lowest BCUT2D eigenvalue weighted by Gasteiger charge is -2.40. The first-order valence-corrected chi connectivity index (χ1v) is 15.6. The van der Waals surface area contributed by atoms with Crippen molar-refractivity contribution in [3.8, 4) is 11.5 Å². The fourth-order valence-corrected chi connectivity index (χ4v) is 5.89. The number of nitrogens with one attached hydrogen (secondary N) is 1. The second-order valence-corrected chi connectivity index (χ2v) is 11.8. The Hall–Kier alpha value is -3.10. The van der Waals surface area contributed by atoms with Gasteiger partial charge < -0.3 is 29.3 Å². The molecule has 1 aliphatic carbocycles. The molecule has 0 bridgehead atoms. The van der Waals surface area contributed by atoms with Crippen molar-refractivity contribution in [1.82, 2.24) is 15.1 Å². The maximum Gasteiger partial charge on any atom is 0.254 e. The number of amides is 2. The molecule has 1 saturated carbocycles. The minimum absolute atomic E-state index is 0.00330. The number of piperidine rings is 1. The average molecular weight is 580 g/mol. The molecule has 2 fully saturated rings. The van der Waals surface area contributed by atoms with Gasteiger partial charge in [0.1, 0.15) is 0 Å². The number of methoxy groups -OCH3 is 2. The van der Waals surface area contributed by atoms with E-state index in [2.05, 4.69) is 36.2 Å². The van der Waals surface area contributed by atoms with Crippen molar-refractivity contribution >= 4 is 11.8 Å². The summed E-state index contributed by atoms with van der Waals surface area (Å²) in [6.07, 6.45) is 7.21. The first kappa shape index (κ1) is 31.8. The molecule has 2 aliphatic rings. The highest BCUT2D eigenvalue weighted by molar-refractivity contribution is 5.95. The van der Waals surface area contributed by atoms with Gasteiger partial charge in [0, 0.05) is 69.4 Å². The van der Waals surface area contributed by atoms with Gasteiger partial charge in [-0.2, -0.15) is 0 Å². The number of ether oxygens (including phenoxy) is 3. The summed E-state index contributed by atoms with van der Waals surface area (Å²) in [4.78, 5) is 31.0. The normalized spacial score (nSPS) is 18.5. The highest BCUT2D eigenvalue weighted by atomic mass is 16.5. The van der Waals surface area contributed by atoms with Crippen LogP contribution in [0.2, 0.25) is 0 Å². The predicted octanol–water partition coefficient (Wildman–Crippen LogP) is 5.10. The number of hydrogen-bond acceptors (Lipinski definition) is 6. The highest BCUT2D eigenvalue weighted by Gasteiger charge is 2.34. The van der Waals surface area contributed by atoms with Gasteiger partial charge in [-0.1, -0.05) is 30.3 Å². The molecule has 1 saturated heterocycles. The molecule has 0 radical (unpaired) electrons. The summed E-state index contributed by atoms with van der Waals surface area (Å²) in [6, 6.07) is 16.6. The number of benzene rings is 2. The van der Waals surface area contributed by atoms with Crippen molar-refractivity contribution in [2.45, 2.75) is 89.4 Å². The molecule has 8 nitrogen and oxygen atoms in total. The molecule has 2 aromatic carbocycles. The number of rotatable bonds is 16. The Kier molecular flexibility index (Phi) is 12.1. The maximum absolute atomic E-state index is 13.8. The molecule has 2 atom stereocenters. The van der Waals surface area contributed by atoms with E-state index < -0.39 is 0 Å². The Labute approximate surface area is 251 Å². The number of nitrogens with zero attached hydrogens (tertiary/aromatic N) is 2. The van der Waals surface area contributed by atoms with E-state index in [9.17, 15) is 9.59 Å². The molecule has 0 unspecified atom stereocenters. The topological polar surface area (TPSA) is 80.3 Å². The van der Waals surface area contributed by atoms with E-state index in [1.54, 1.807) is 26.4 Å². The van der Waals surface area contributed by atoms with Crippen LogP contribution < -0.4 is 14.8 Å². The van der Waals surface area contributed by atoms with Crippen LogP contribution in [0.1, 0.15) is 74.7 Å².